The van der Waals surface area contributed by atoms with Crippen molar-refractivity contribution < 1.29 is 62.8 Å². The number of benzene rings is 1. The fourth-order valence-corrected chi connectivity index (χ4v) is 8.12. The number of hydrogen-bond acceptors (Lipinski definition) is 12. The predicted octanol–water partition coefficient (Wildman–Crippen LogP) is -0.170. The topological polar surface area (TPSA) is 356 Å². The van der Waals surface area contributed by atoms with Crippen LogP contribution in [0.3, 0.4) is 0 Å². The van der Waals surface area contributed by atoms with Crippen molar-refractivity contribution in [3.8, 4) is 0 Å². The molecule has 398 valence electrons. The molecule has 1 aromatic carbocycles. The van der Waals surface area contributed by atoms with Gasteiger partial charge in [-0.05, 0) is 57.4 Å². The molecule has 0 radical (unpaired) electrons. The highest BCUT2D eigenvalue weighted by atomic mass is 16.6. The van der Waals surface area contributed by atoms with Gasteiger partial charge in [0.1, 0.15) is 41.5 Å². The zero-order valence-electron chi connectivity index (χ0n) is 42.6. The van der Waals surface area contributed by atoms with E-state index in [9.17, 15) is 53.4 Å². The van der Waals surface area contributed by atoms with E-state index in [-0.39, 0.29) is 55.8 Å². The molecule has 0 saturated carbocycles. The van der Waals surface area contributed by atoms with Crippen molar-refractivity contribution in [2.24, 2.45) is 40.1 Å². The number of rotatable bonds is 15. The van der Waals surface area contributed by atoms with Gasteiger partial charge in [-0.15, -0.1) is 0 Å². The van der Waals surface area contributed by atoms with Crippen molar-refractivity contribution >= 4 is 59.2 Å². The van der Waals surface area contributed by atoms with Gasteiger partial charge in [-0.2, -0.15) is 0 Å². The Morgan fingerprint density at radius 3 is 2.07 bits per heavy atom. The summed E-state index contributed by atoms with van der Waals surface area (Å²) < 4.78 is 12.1. The normalized spacial score (nSPS) is 28.8. The fraction of sp³-hybridized carbons (Fsp3) is 0.592. The van der Waals surface area contributed by atoms with Crippen molar-refractivity contribution in [3.05, 3.63) is 60.3 Å². The van der Waals surface area contributed by atoms with E-state index in [1.807, 2.05) is 44.2 Å². The highest BCUT2D eigenvalue weighted by molar-refractivity contribution is 6.00. The number of likely N-dealkylation sites (N-methyl/N-ethyl adjacent to an activating group) is 1. The molecule has 2 aliphatic heterocycles. The maximum atomic E-state index is 14.4. The number of aliphatic carboxylic acids is 2. The van der Waals surface area contributed by atoms with Crippen molar-refractivity contribution in [1.82, 2.24) is 36.8 Å². The van der Waals surface area contributed by atoms with Gasteiger partial charge in [-0.25, -0.2) is 9.59 Å². The molecular formula is C49H74N10O13. The third-order valence-corrected chi connectivity index (χ3v) is 12.9. The lowest BCUT2D eigenvalue weighted by Crippen LogP contribution is -2.59. The molecule has 7 amide bonds. The molecule has 2 unspecified atom stereocenters. The maximum absolute atomic E-state index is 14.4. The molecule has 12 N–H and O–H groups in total. The van der Waals surface area contributed by atoms with Crippen LogP contribution in [0.2, 0.25) is 0 Å². The number of carbonyl (C=O) groups excluding carboxylic acids is 7. The summed E-state index contributed by atoms with van der Waals surface area (Å²) in [4.78, 5) is 126. The van der Waals surface area contributed by atoms with Gasteiger partial charge < -0.3 is 68.0 Å². The lowest BCUT2D eigenvalue weighted by molar-refractivity contribution is -0.146. The molecule has 0 aromatic heterocycles. The molecule has 23 heteroatoms. The quantitative estimate of drug-likeness (QED) is 0.0272. The molecule has 2 saturated heterocycles. The number of hydrogen-bond donors (Lipinski definition) is 10. The molecule has 3 rings (SSSR count). The summed E-state index contributed by atoms with van der Waals surface area (Å²) in [6, 6.07) is 0.905. The van der Waals surface area contributed by atoms with Crippen LogP contribution in [0.4, 0.5) is 0 Å². The van der Waals surface area contributed by atoms with Crippen molar-refractivity contribution in [2.45, 2.75) is 141 Å². The first-order valence-electron chi connectivity index (χ1n) is 23.9. The first kappa shape index (κ1) is 59.4. The summed E-state index contributed by atoms with van der Waals surface area (Å²) in [5.74, 6) is -12.7. The minimum Gasteiger partial charge on any atom is -0.480 e. The van der Waals surface area contributed by atoms with Gasteiger partial charge in [0, 0.05) is 33.0 Å². The summed E-state index contributed by atoms with van der Waals surface area (Å²) in [6.07, 6.45) is 2.24. The first-order chi connectivity index (χ1) is 33.7. The van der Waals surface area contributed by atoms with Crippen LogP contribution < -0.4 is 43.4 Å². The second-order valence-electron chi connectivity index (χ2n) is 19.1. The number of ether oxygens (including phenoxy) is 2. The predicted molar refractivity (Wildman–Crippen MR) is 264 cm³/mol. The Kier molecular flexibility index (Phi) is 22.4. The average Bonchev–Trinajstić information content (AvgIpc) is 4.01. The van der Waals surface area contributed by atoms with E-state index in [1.165, 1.54) is 33.9 Å². The highest BCUT2D eigenvalue weighted by Crippen LogP contribution is 2.44. The Labute approximate surface area is 420 Å². The summed E-state index contributed by atoms with van der Waals surface area (Å²) in [5, 5.41) is 35.6. The molecule has 0 aliphatic carbocycles. The first-order valence-corrected chi connectivity index (χ1v) is 23.9. The van der Waals surface area contributed by atoms with Gasteiger partial charge in [0.2, 0.25) is 35.4 Å². The molecular weight excluding hydrogens is 937 g/mol. The van der Waals surface area contributed by atoms with Crippen LogP contribution in [-0.2, 0) is 59.0 Å². The molecule has 72 heavy (non-hydrogen) atoms. The van der Waals surface area contributed by atoms with Gasteiger partial charge in [-0.3, -0.25) is 38.6 Å². The third-order valence-electron chi connectivity index (χ3n) is 12.9. The number of carboxylic acid groups (broad SMARTS) is 2. The summed E-state index contributed by atoms with van der Waals surface area (Å²) in [7, 11) is 2.82. The number of nitrogens with one attached hydrogen (secondary N) is 6. The Balaban J connectivity index is 2.11. The number of epoxide rings is 1. The van der Waals surface area contributed by atoms with E-state index in [1.54, 1.807) is 27.0 Å². The van der Waals surface area contributed by atoms with Crippen molar-refractivity contribution in [2.75, 3.05) is 20.7 Å². The zero-order chi connectivity index (χ0) is 54.2. The second-order valence-corrected chi connectivity index (χ2v) is 19.1. The van der Waals surface area contributed by atoms with E-state index in [0.717, 1.165) is 10.5 Å². The highest BCUT2D eigenvalue weighted by Gasteiger charge is 2.55. The molecule has 23 nitrogen and oxygen atoms in total. The van der Waals surface area contributed by atoms with Crippen LogP contribution >= 0.6 is 0 Å². The van der Waals surface area contributed by atoms with Crippen LogP contribution in [0.15, 0.2) is 59.8 Å². The minimum atomic E-state index is -1.89. The average molecular weight is 1010 g/mol. The second kappa shape index (κ2) is 27.1. The molecule has 2 heterocycles. The van der Waals surface area contributed by atoms with Crippen LogP contribution in [0.5, 0.6) is 0 Å². The van der Waals surface area contributed by atoms with Crippen molar-refractivity contribution in [1.29, 1.82) is 0 Å². The van der Waals surface area contributed by atoms with E-state index >= 15 is 0 Å². The summed E-state index contributed by atoms with van der Waals surface area (Å²) in [5.41, 5.74) is 10.8. The molecule has 0 bridgehead atoms. The Morgan fingerprint density at radius 1 is 0.875 bits per heavy atom. The number of nitrogens with two attached hydrogens (primary N) is 2. The van der Waals surface area contributed by atoms with Crippen LogP contribution in [0, 0.1) is 23.7 Å². The fourth-order valence-electron chi connectivity index (χ4n) is 8.12. The Bertz CT molecular complexity index is 2200. The number of amides is 7. The summed E-state index contributed by atoms with van der Waals surface area (Å²) >= 11 is 0. The van der Waals surface area contributed by atoms with Crippen LogP contribution in [0.25, 0.3) is 0 Å². The Morgan fingerprint density at radius 2 is 1.49 bits per heavy atom. The van der Waals surface area contributed by atoms with E-state index in [4.69, 9.17) is 20.9 Å². The molecule has 1 aromatic rings. The number of nitrogens with zero attached hydrogens (tertiary/aromatic N) is 2. The monoisotopic (exact) mass is 1010 g/mol. The lowest BCUT2D eigenvalue weighted by atomic mass is 9.88. The number of carboxylic acids is 2. The zero-order valence-corrected chi connectivity index (χ0v) is 42.6. The molecule has 2 fully saturated rings. The largest absolute Gasteiger partial charge is 0.480 e. The van der Waals surface area contributed by atoms with Gasteiger partial charge in [0.05, 0.1) is 30.1 Å². The van der Waals surface area contributed by atoms with E-state index in [2.05, 4.69) is 43.5 Å². The number of carbonyl (C=O) groups is 9. The standard InChI is InChI=1S/C49H74N10O13/c1-25(2)23-35-45(66)58-38(47(69)70)28(5)41(62)55-33(17-14-22-52-48(50)51)44(65)54-32(20-21-49(8)39(72-49)27(4)36(71-10)24-31-15-12-11-13-16-31)26(3)40(61)56-34(46(67)68)18-19-37(60)59(9)30(7)43(64)53-29(6)42(63)57-35/h11-13,15-16,20-21,25-29,32-36,38-39H,7,14,17-19,22-24H2,1-6,8-10H3,(H,53,64)(H,54,65)(H,55,62)(H,56,61)(H,57,63)(H,58,66)(H,67,68)(H,69,70)(H4,50,51,52)/b21-20+/t26-,27+,28-,29+,32-,33-,34+,35-,36-,38+,39?,49?/m0/s1. The number of aliphatic imine (C=N–C) groups is 1. The lowest BCUT2D eigenvalue weighted by Gasteiger charge is -2.28. The minimum absolute atomic E-state index is 0.00275. The van der Waals surface area contributed by atoms with E-state index in [0.29, 0.717) is 6.42 Å². The number of methoxy groups -OCH3 is 1. The van der Waals surface area contributed by atoms with Gasteiger partial charge in [0.15, 0.2) is 5.96 Å². The molecule has 2 aliphatic rings. The van der Waals surface area contributed by atoms with Gasteiger partial charge in [0.25, 0.3) is 5.91 Å². The summed E-state index contributed by atoms with van der Waals surface area (Å²) in [6.45, 7) is 14.9. The van der Waals surface area contributed by atoms with E-state index < -0.39 is 126 Å². The van der Waals surface area contributed by atoms with Crippen LogP contribution in [0.1, 0.15) is 86.1 Å². The van der Waals surface area contributed by atoms with Gasteiger partial charge in [-0.1, -0.05) is 83.7 Å². The third kappa shape index (κ3) is 17.5. The van der Waals surface area contributed by atoms with Crippen LogP contribution in [-0.4, -0.2) is 149 Å². The van der Waals surface area contributed by atoms with Gasteiger partial charge >= 0.3 is 11.9 Å². The Hall–Kier alpha value is -6.88. The van der Waals surface area contributed by atoms with Crippen molar-refractivity contribution in [3.63, 3.8) is 0 Å². The smallest absolute Gasteiger partial charge is 0.327 e. The SMILES string of the molecule is C=C1C(=O)N[C@H](C)C(=O)N[C@@H](CC(C)C)C(=O)N[C@@H](C(=O)O)[C@H](C)C(=O)N[C@@H](CCCN=C(N)N)C(=O)N[C@@H](/C=C/C2(C)OC2[C@H](C)[C@H](Cc2ccccc2)OC)[C@H](C)C(=O)N[C@@H](C(=O)O)CCC(=O)N1C. The molecule has 12 atom stereocenters. The molecule has 0 spiro atoms. The maximum Gasteiger partial charge on any atom is 0.327 e. The number of guanidine groups is 1.